The Labute approximate surface area is 317 Å². The van der Waals surface area contributed by atoms with E-state index < -0.39 is 0 Å². The van der Waals surface area contributed by atoms with Gasteiger partial charge < -0.3 is 9.13 Å². The van der Waals surface area contributed by atoms with E-state index in [1.165, 1.54) is 109 Å². The molecule has 0 amide bonds. The van der Waals surface area contributed by atoms with Crippen LogP contribution in [0.25, 0.3) is 93.4 Å². The standard InChI is InChI=1S/C51H36N2S/c1-51(2)43-19-11-9-17-35(43)38-27-40-36-23-21-32(26-46(36)53(47(40)29-44(38)51)34-15-7-4-8-16-34)31-22-24-45-39(25-31)41-28-42-37-18-10-12-20-49(37)54-50(42)30-48(41)52(45)33-13-5-3-6-14-33/h3-9,11-17,19-30H,10,18H2,1-2H3. The molecule has 0 N–H and O–H groups in total. The molecule has 54 heavy (non-hydrogen) atoms. The van der Waals surface area contributed by atoms with Crippen molar-refractivity contribution in [1.82, 2.24) is 9.13 Å². The van der Waals surface area contributed by atoms with Gasteiger partial charge in [0.15, 0.2) is 0 Å². The van der Waals surface area contributed by atoms with E-state index in [9.17, 15) is 0 Å². The van der Waals surface area contributed by atoms with Gasteiger partial charge in [-0.2, -0.15) is 0 Å². The number of benzene rings is 7. The van der Waals surface area contributed by atoms with Gasteiger partial charge in [0.1, 0.15) is 0 Å². The number of fused-ring (bicyclic) bond motifs is 12. The molecule has 0 saturated heterocycles. The van der Waals surface area contributed by atoms with Crippen LogP contribution in [0.5, 0.6) is 0 Å². The van der Waals surface area contributed by atoms with E-state index in [1.54, 1.807) is 0 Å². The summed E-state index contributed by atoms with van der Waals surface area (Å²) in [5.74, 6) is 0. The first-order valence-corrected chi connectivity index (χ1v) is 19.9. The number of para-hydroxylation sites is 2. The Morgan fingerprint density at radius 1 is 0.500 bits per heavy atom. The first-order chi connectivity index (χ1) is 26.5. The SMILES string of the molecule is CC1(C)c2ccccc2-c2cc3c4ccc(-c5ccc6c(c5)c5cc7c8c(sc7cc5n6-c5ccccc5)C=CCC8)cc4n(-c4ccccc4)c3cc21. The van der Waals surface area contributed by atoms with Crippen molar-refractivity contribution in [2.75, 3.05) is 0 Å². The van der Waals surface area contributed by atoms with E-state index in [-0.39, 0.29) is 5.41 Å². The van der Waals surface area contributed by atoms with Crippen LogP contribution < -0.4 is 0 Å². The van der Waals surface area contributed by atoms with Gasteiger partial charge in [-0.05, 0) is 130 Å². The second kappa shape index (κ2) is 10.9. The van der Waals surface area contributed by atoms with Gasteiger partial charge in [0.2, 0.25) is 0 Å². The molecule has 12 rings (SSSR count). The van der Waals surface area contributed by atoms with Crippen molar-refractivity contribution < 1.29 is 0 Å². The summed E-state index contributed by atoms with van der Waals surface area (Å²) < 4.78 is 6.31. The molecule has 0 unspecified atom stereocenters. The number of thiophene rings is 1. The van der Waals surface area contributed by atoms with E-state index in [2.05, 4.69) is 181 Å². The summed E-state index contributed by atoms with van der Waals surface area (Å²) in [5, 5.41) is 6.60. The normalized spacial score (nSPS) is 14.4. The second-order valence-electron chi connectivity index (χ2n) is 15.6. The number of aryl methyl sites for hydroxylation is 1. The lowest BCUT2D eigenvalue weighted by Gasteiger charge is -2.21. The van der Waals surface area contributed by atoms with E-state index in [4.69, 9.17) is 0 Å². The van der Waals surface area contributed by atoms with Gasteiger partial charge >= 0.3 is 0 Å². The summed E-state index contributed by atoms with van der Waals surface area (Å²) in [5.41, 5.74) is 16.8. The Bertz CT molecular complexity index is 3220. The number of hydrogen-bond donors (Lipinski definition) is 0. The molecule has 3 heteroatoms. The number of nitrogens with zero attached hydrogens (tertiary/aromatic N) is 2. The lowest BCUT2D eigenvalue weighted by Crippen LogP contribution is -2.14. The molecule has 7 aromatic carbocycles. The molecule has 10 aromatic rings. The van der Waals surface area contributed by atoms with Gasteiger partial charge in [0.05, 0.1) is 22.1 Å². The molecule has 3 aromatic heterocycles. The van der Waals surface area contributed by atoms with Gasteiger partial charge in [-0.1, -0.05) is 98.8 Å². The van der Waals surface area contributed by atoms with E-state index in [0.717, 1.165) is 12.8 Å². The zero-order chi connectivity index (χ0) is 35.7. The molecule has 0 spiro atoms. The zero-order valence-corrected chi connectivity index (χ0v) is 31.0. The largest absolute Gasteiger partial charge is 0.309 e. The van der Waals surface area contributed by atoms with Crippen molar-refractivity contribution in [3.63, 3.8) is 0 Å². The number of hydrogen-bond acceptors (Lipinski definition) is 1. The van der Waals surface area contributed by atoms with Crippen LogP contribution in [0.1, 0.15) is 41.8 Å². The van der Waals surface area contributed by atoms with Crippen molar-refractivity contribution in [1.29, 1.82) is 0 Å². The maximum atomic E-state index is 2.49. The van der Waals surface area contributed by atoms with Crippen molar-refractivity contribution in [3.8, 4) is 33.6 Å². The van der Waals surface area contributed by atoms with Crippen molar-refractivity contribution in [2.24, 2.45) is 0 Å². The van der Waals surface area contributed by atoms with Gasteiger partial charge in [-0.25, -0.2) is 0 Å². The molecule has 2 nitrogen and oxygen atoms in total. The van der Waals surface area contributed by atoms with Crippen molar-refractivity contribution in [3.05, 3.63) is 173 Å². The number of rotatable bonds is 3. The third kappa shape index (κ3) is 4.11. The quantitative estimate of drug-likeness (QED) is 0.173. The Kier molecular flexibility index (Phi) is 6.14. The predicted octanol–water partition coefficient (Wildman–Crippen LogP) is 14.0. The van der Waals surface area contributed by atoms with Gasteiger partial charge in [0.25, 0.3) is 0 Å². The fourth-order valence-electron chi connectivity index (χ4n) is 9.77. The Hall–Kier alpha value is -6.16. The third-order valence-electron chi connectivity index (χ3n) is 12.4. The number of allylic oxidation sites excluding steroid dienone is 1. The van der Waals surface area contributed by atoms with Crippen LogP contribution in [0, 0.1) is 0 Å². The smallest absolute Gasteiger partial charge is 0.0555 e. The molecule has 0 aliphatic heterocycles. The lowest BCUT2D eigenvalue weighted by atomic mass is 9.82. The van der Waals surface area contributed by atoms with Crippen LogP contribution in [-0.2, 0) is 11.8 Å². The van der Waals surface area contributed by atoms with Gasteiger partial charge in [-0.15, -0.1) is 11.3 Å². The molecule has 0 atom stereocenters. The highest BCUT2D eigenvalue weighted by Crippen LogP contribution is 2.51. The molecule has 2 aliphatic carbocycles. The maximum Gasteiger partial charge on any atom is 0.0555 e. The molecule has 0 bridgehead atoms. The van der Waals surface area contributed by atoms with E-state index in [0.29, 0.717) is 0 Å². The van der Waals surface area contributed by atoms with Crippen LogP contribution in [0.3, 0.4) is 0 Å². The molecular formula is C51H36N2S. The van der Waals surface area contributed by atoms with E-state index >= 15 is 0 Å². The molecule has 3 heterocycles. The lowest BCUT2D eigenvalue weighted by molar-refractivity contribution is 0.661. The molecule has 0 saturated carbocycles. The summed E-state index contributed by atoms with van der Waals surface area (Å²) in [6.07, 6.45) is 6.88. The molecular weight excluding hydrogens is 673 g/mol. The van der Waals surface area contributed by atoms with Crippen LogP contribution in [-0.4, -0.2) is 9.13 Å². The zero-order valence-electron chi connectivity index (χ0n) is 30.2. The van der Waals surface area contributed by atoms with Crippen LogP contribution >= 0.6 is 11.3 Å². The molecule has 0 radical (unpaired) electrons. The predicted molar refractivity (Wildman–Crippen MR) is 231 cm³/mol. The highest BCUT2D eigenvalue weighted by atomic mass is 32.1. The minimum absolute atomic E-state index is 0.0673. The molecule has 0 fully saturated rings. The van der Waals surface area contributed by atoms with Gasteiger partial charge in [0, 0.05) is 47.9 Å². The van der Waals surface area contributed by atoms with E-state index in [1.807, 2.05) is 11.3 Å². The first kappa shape index (κ1) is 30.3. The molecule has 2 aliphatic rings. The summed E-state index contributed by atoms with van der Waals surface area (Å²) in [6, 6.07) is 54.8. The van der Waals surface area contributed by atoms with Crippen LogP contribution in [0.4, 0.5) is 0 Å². The average molecular weight is 709 g/mol. The average Bonchev–Trinajstić information content (AvgIpc) is 3.91. The van der Waals surface area contributed by atoms with Gasteiger partial charge in [-0.3, -0.25) is 0 Å². The van der Waals surface area contributed by atoms with Crippen molar-refractivity contribution in [2.45, 2.75) is 32.1 Å². The highest BCUT2D eigenvalue weighted by molar-refractivity contribution is 7.20. The number of aromatic nitrogens is 2. The monoisotopic (exact) mass is 708 g/mol. The fourth-order valence-corrected chi connectivity index (χ4v) is 11.0. The Morgan fingerprint density at radius 2 is 1.15 bits per heavy atom. The first-order valence-electron chi connectivity index (χ1n) is 19.1. The minimum atomic E-state index is -0.0673. The summed E-state index contributed by atoms with van der Waals surface area (Å²) in [4.78, 5) is 1.42. The third-order valence-corrected chi connectivity index (χ3v) is 13.5. The highest BCUT2D eigenvalue weighted by Gasteiger charge is 2.36. The minimum Gasteiger partial charge on any atom is -0.309 e. The topological polar surface area (TPSA) is 9.86 Å². The molecule has 256 valence electrons. The Morgan fingerprint density at radius 3 is 1.96 bits per heavy atom. The summed E-state index contributed by atoms with van der Waals surface area (Å²) >= 11 is 1.93. The van der Waals surface area contributed by atoms with Crippen LogP contribution in [0.2, 0.25) is 0 Å². The summed E-state index contributed by atoms with van der Waals surface area (Å²) in [7, 11) is 0. The van der Waals surface area contributed by atoms with Crippen molar-refractivity contribution >= 4 is 71.1 Å². The second-order valence-corrected chi connectivity index (χ2v) is 16.7. The fraction of sp³-hybridized carbons (Fsp3) is 0.0980. The summed E-state index contributed by atoms with van der Waals surface area (Å²) in [6.45, 7) is 4.74. The van der Waals surface area contributed by atoms with Crippen LogP contribution in [0.15, 0.2) is 152 Å². The maximum absolute atomic E-state index is 2.49. The Balaban J connectivity index is 1.11.